The highest BCUT2D eigenvalue weighted by Crippen LogP contribution is 2.18. The minimum absolute atomic E-state index is 0.163. The summed E-state index contributed by atoms with van der Waals surface area (Å²) in [6.07, 6.45) is 1.55. The van der Waals surface area contributed by atoms with E-state index in [0.717, 1.165) is 11.4 Å². The van der Waals surface area contributed by atoms with Crippen LogP contribution in [0.2, 0.25) is 0 Å². The maximum Gasteiger partial charge on any atom is 0.259 e. The summed E-state index contributed by atoms with van der Waals surface area (Å²) in [6, 6.07) is 16.6. The Morgan fingerprint density at radius 3 is 2.32 bits per heavy atom. The second kappa shape index (κ2) is 7.00. The maximum atomic E-state index is 12.6. The lowest BCUT2D eigenvalue weighted by atomic mass is 10.2. The molecule has 2 amide bonds. The van der Waals surface area contributed by atoms with Crippen LogP contribution in [-0.4, -0.2) is 21.6 Å². The Balaban J connectivity index is 1.81. The van der Waals surface area contributed by atoms with Crippen LogP contribution in [0.15, 0.2) is 60.8 Å². The summed E-state index contributed by atoms with van der Waals surface area (Å²) >= 11 is 0. The fraction of sp³-hybridized carbons (Fsp3) is 0.105. The molecule has 0 aliphatic carbocycles. The summed E-state index contributed by atoms with van der Waals surface area (Å²) in [5.41, 5.74) is 3.37. The Kier molecular flexibility index (Phi) is 4.61. The van der Waals surface area contributed by atoms with Crippen LogP contribution in [-0.2, 0) is 4.79 Å². The summed E-state index contributed by atoms with van der Waals surface area (Å²) < 4.78 is 1.72. The van der Waals surface area contributed by atoms with Crippen LogP contribution < -0.4 is 10.6 Å². The molecular weight excluding hydrogens is 316 g/mol. The summed E-state index contributed by atoms with van der Waals surface area (Å²) in [7, 11) is 0. The van der Waals surface area contributed by atoms with Crippen molar-refractivity contribution in [1.29, 1.82) is 0 Å². The van der Waals surface area contributed by atoms with E-state index in [9.17, 15) is 9.59 Å². The number of para-hydroxylation sites is 1. The fourth-order valence-corrected chi connectivity index (χ4v) is 2.54. The van der Waals surface area contributed by atoms with Crippen molar-refractivity contribution in [3.8, 4) is 5.69 Å². The van der Waals surface area contributed by atoms with E-state index < -0.39 is 0 Å². The zero-order valence-corrected chi connectivity index (χ0v) is 14.0. The van der Waals surface area contributed by atoms with E-state index >= 15 is 0 Å². The monoisotopic (exact) mass is 334 g/mol. The Bertz CT molecular complexity index is 916. The molecule has 2 N–H and O–H groups in total. The number of carbonyl (C=O) groups is 2. The first-order valence-corrected chi connectivity index (χ1v) is 7.83. The van der Waals surface area contributed by atoms with Crippen LogP contribution in [0, 0.1) is 6.92 Å². The third kappa shape index (κ3) is 3.74. The van der Waals surface area contributed by atoms with Crippen LogP contribution in [0.4, 0.5) is 11.4 Å². The average molecular weight is 334 g/mol. The van der Waals surface area contributed by atoms with E-state index in [1.165, 1.54) is 6.92 Å². The van der Waals surface area contributed by atoms with Gasteiger partial charge in [0.25, 0.3) is 5.91 Å². The highest BCUT2D eigenvalue weighted by molar-refractivity contribution is 6.05. The van der Waals surface area contributed by atoms with Crippen LogP contribution in [0.5, 0.6) is 0 Å². The van der Waals surface area contributed by atoms with E-state index in [1.54, 1.807) is 35.1 Å². The number of rotatable bonds is 4. The number of aromatic nitrogens is 2. The van der Waals surface area contributed by atoms with Gasteiger partial charge in [0.1, 0.15) is 0 Å². The molecule has 3 rings (SSSR count). The third-order valence-electron chi connectivity index (χ3n) is 3.70. The molecule has 1 aromatic heterocycles. The van der Waals surface area contributed by atoms with Gasteiger partial charge in [-0.3, -0.25) is 9.59 Å². The smallest absolute Gasteiger partial charge is 0.259 e. The molecule has 0 unspecified atom stereocenters. The molecule has 0 fully saturated rings. The molecule has 0 radical (unpaired) electrons. The van der Waals surface area contributed by atoms with Gasteiger partial charge in [-0.05, 0) is 37.3 Å². The normalized spacial score (nSPS) is 10.3. The van der Waals surface area contributed by atoms with E-state index in [1.807, 2.05) is 37.3 Å². The molecule has 6 heteroatoms. The molecule has 25 heavy (non-hydrogen) atoms. The molecule has 0 aliphatic heterocycles. The molecule has 0 atom stereocenters. The predicted molar refractivity (Wildman–Crippen MR) is 97.0 cm³/mol. The molecule has 6 nitrogen and oxygen atoms in total. The lowest BCUT2D eigenvalue weighted by Gasteiger charge is -2.08. The van der Waals surface area contributed by atoms with Gasteiger partial charge in [0.05, 0.1) is 23.1 Å². The van der Waals surface area contributed by atoms with Gasteiger partial charge in [0.15, 0.2) is 0 Å². The third-order valence-corrected chi connectivity index (χ3v) is 3.70. The van der Waals surface area contributed by atoms with E-state index in [4.69, 9.17) is 0 Å². The summed E-state index contributed by atoms with van der Waals surface area (Å²) in [5.74, 6) is -0.414. The van der Waals surface area contributed by atoms with Crippen molar-refractivity contribution in [2.24, 2.45) is 0 Å². The van der Waals surface area contributed by atoms with E-state index in [0.29, 0.717) is 16.9 Å². The van der Waals surface area contributed by atoms with Crippen LogP contribution >= 0.6 is 0 Å². The first kappa shape index (κ1) is 16.4. The van der Waals surface area contributed by atoms with Gasteiger partial charge < -0.3 is 10.6 Å². The molecule has 0 saturated carbocycles. The molecule has 1 heterocycles. The second-order valence-electron chi connectivity index (χ2n) is 5.61. The average Bonchev–Trinajstić information content (AvgIpc) is 2.97. The van der Waals surface area contributed by atoms with Gasteiger partial charge in [0.2, 0.25) is 5.91 Å². The Morgan fingerprint density at radius 2 is 1.64 bits per heavy atom. The fourth-order valence-electron chi connectivity index (χ4n) is 2.54. The minimum Gasteiger partial charge on any atom is -0.326 e. The number of benzene rings is 2. The van der Waals surface area contributed by atoms with Crippen molar-refractivity contribution >= 4 is 23.2 Å². The molecule has 3 aromatic rings. The minimum atomic E-state index is -0.250. The molecule has 0 bridgehead atoms. The lowest BCUT2D eigenvalue weighted by Crippen LogP contribution is -2.13. The Labute approximate surface area is 145 Å². The largest absolute Gasteiger partial charge is 0.326 e. The number of hydrogen-bond acceptors (Lipinski definition) is 3. The van der Waals surface area contributed by atoms with Crippen molar-refractivity contribution in [1.82, 2.24) is 9.78 Å². The van der Waals surface area contributed by atoms with Gasteiger partial charge in [-0.2, -0.15) is 5.10 Å². The summed E-state index contributed by atoms with van der Waals surface area (Å²) in [5, 5.41) is 9.83. The zero-order chi connectivity index (χ0) is 17.8. The van der Waals surface area contributed by atoms with Crippen LogP contribution in [0.1, 0.15) is 23.0 Å². The van der Waals surface area contributed by atoms with Crippen molar-refractivity contribution in [2.75, 3.05) is 10.6 Å². The van der Waals surface area contributed by atoms with Gasteiger partial charge in [-0.25, -0.2) is 4.68 Å². The van der Waals surface area contributed by atoms with Crippen molar-refractivity contribution in [3.05, 3.63) is 72.1 Å². The topological polar surface area (TPSA) is 76.0 Å². The van der Waals surface area contributed by atoms with Crippen molar-refractivity contribution in [3.63, 3.8) is 0 Å². The van der Waals surface area contributed by atoms with Crippen molar-refractivity contribution < 1.29 is 9.59 Å². The molecule has 0 saturated heterocycles. The first-order valence-electron chi connectivity index (χ1n) is 7.83. The maximum absolute atomic E-state index is 12.6. The number of hydrogen-bond donors (Lipinski definition) is 2. The molecule has 126 valence electrons. The Hall–Kier alpha value is -3.41. The van der Waals surface area contributed by atoms with Gasteiger partial charge in [0, 0.05) is 18.3 Å². The summed E-state index contributed by atoms with van der Waals surface area (Å²) in [4.78, 5) is 23.7. The van der Waals surface area contributed by atoms with Crippen molar-refractivity contribution in [2.45, 2.75) is 13.8 Å². The highest BCUT2D eigenvalue weighted by Gasteiger charge is 2.15. The second-order valence-corrected chi connectivity index (χ2v) is 5.61. The van der Waals surface area contributed by atoms with Crippen LogP contribution in [0.25, 0.3) is 5.69 Å². The van der Waals surface area contributed by atoms with E-state index in [2.05, 4.69) is 15.7 Å². The number of carbonyl (C=O) groups excluding carboxylic acids is 2. The highest BCUT2D eigenvalue weighted by atomic mass is 16.2. The SMILES string of the molecule is CC(=O)Nc1cccc(NC(=O)c2cnn(-c3ccccc3)c2C)c1. The first-order chi connectivity index (χ1) is 12.0. The Morgan fingerprint density at radius 1 is 0.960 bits per heavy atom. The predicted octanol–water partition coefficient (Wildman–Crippen LogP) is 3.39. The van der Waals surface area contributed by atoms with Gasteiger partial charge >= 0.3 is 0 Å². The molecule has 2 aromatic carbocycles. The molecule has 0 spiro atoms. The quantitative estimate of drug-likeness (QED) is 0.768. The number of nitrogens with one attached hydrogen (secondary N) is 2. The standard InChI is InChI=1S/C19H18N4O2/c1-13-18(12-20-23(13)17-9-4-3-5-10-17)19(25)22-16-8-6-7-15(11-16)21-14(2)24/h3-12H,1-2H3,(H,21,24)(H,22,25). The molecular formula is C19H18N4O2. The van der Waals surface area contributed by atoms with Crippen LogP contribution in [0.3, 0.4) is 0 Å². The van der Waals surface area contributed by atoms with E-state index in [-0.39, 0.29) is 11.8 Å². The number of anilines is 2. The zero-order valence-electron chi connectivity index (χ0n) is 14.0. The number of nitrogens with zero attached hydrogens (tertiary/aromatic N) is 2. The summed E-state index contributed by atoms with van der Waals surface area (Å²) in [6.45, 7) is 3.29. The van der Waals surface area contributed by atoms with Gasteiger partial charge in [-0.15, -0.1) is 0 Å². The lowest BCUT2D eigenvalue weighted by molar-refractivity contribution is -0.114. The molecule has 0 aliphatic rings. The van der Waals surface area contributed by atoms with Gasteiger partial charge in [-0.1, -0.05) is 24.3 Å². The number of amides is 2.